The molecule has 1 saturated heterocycles. The molecule has 1 aromatic heterocycles. The number of carbonyl (C=O) groups excluding carboxylic acids is 1. The van der Waals surface area contributed by atoms with Crippen molar-refractivity contribution < 1.29 is 28.2 Å². The van der Waals surface area contributed by atoms with Gasteiger partial charge in [0.25, 0.3) is 0 Å². The first kappa shape index (κ1) is 27.3. The zero-order valence-corrected chi connectivity index (χ0v) is 22.5. The van der Waals surface area contributed by atoms with Gasteiger partial charge in [-0.2, -0.15) is 0 Å². The van der Waals surface area contributed by atoms with Gasteiger partial charge in [-0.05, 0) is 54.8 Å². The normalized spacial score (nSPS) is 20.9. The van der Waals surface area contributed by atoms with Gasteiger partial charge in [0.05, 0.1) is 19.9 Å². The Morgan fingerprint density at radius 1 is 1.10 bits per heavy atom. The zero-order chi connectivity index (χ0) is 28.6. The van der Waals surface area contributed by atoms with Crippen molar-refractivity contribution in [3.8, 4) is 11.5 Å². The number of amides is 1. The number of pyridine rings is 1. The molecular formula is C30H30F2N4O4. The fourth-order valence-electron chi connectivity index (χ4n) is 5.37. The minimum atomic E-state index is -1.44. The number of aliphatic imine (C=N–C) groups is 1. The van der Waals surface area contributed by atoms with E-state index >= 15 is 0 Å². The summed E-state index contributed by atoms with van der Waals surface area (Å²) in [6.45, 7) is 6.50. The summed E-state index contributed by atoms with van der Waals surface area (Å²) in [6.07, 6.45) is 0.688. The van der Waals surface area contributed by atoms with Crippen LogP contribution < -0.4 is 14.4 Å². The van der Waals surface area contributed by atoms with Crippen molar-refractivity contribution in [2.75, 3.05) is 32.2 Å². The molecule has 1 N–H and O–H groups in total. The van der Waals surface area contributed by atoms with E-state index in [0.29, 0.717) is 41.4 Å². The van der Waals surface area contributed by atoms with E-state index in [4.69, 9.17) is 14.5 Å². The zero-order valence-electron chi connectivity index (χ0n) is 22.5. The number of halogens is 2. The summed E-state index contributed by atoms with van der Waals surface area (Å²) in [5, 5.41) is 11.9. The molecule has 1 fully saturated rings. The van der Waals surface area contributed by atoms with Crippen molar-refractivity contribution in [1.29, 1.82) is 0 Å². The molecule has 2 aromatic carbocycles. The lowest BCUT2D eigenvalue weighted by atomic mass is 9.96. The second-order valence-electron chi connectivity index (χ2n) is 9.85. The maximum absolute atomic E-state index is 14.5. The standard InChI is InChI=1S/C30H30F2N4O4/c1-17-10-12-33-23(14-17)28-34-18(2)26(30(38)36(28)27-24(39-3)6-5-7-25(27)40-4)29(37)35-13-11-19(16-35)21-9-8-20(31)15-22(21)32/h5-10,12,14-15,19,26,30,38H,2,11,13,16H2,1,3-4H3. The van der Waals surface area contributed by atoms with Crippen LogP contribution in [0.25, 0.3) is 0 Å². The smallest absolute Gasteiger partial charge is 0.236 e. The second-order valence-corrected chi connectivity index (χ2v) is 9.85. The number of aryl methyl sites for hydroxylation is 1. The average Bonchev–Trinajstić information content (AvgIpc) is 3.42. The van der Waals surface area contributed by atoms with E-state index in [0.717, 1.165) is 11.6 Å². The molecule has 3 unspecified atom stereocenters. The van der Waals surface area contributed by atoms with Gasteiger partial charge in [-0.1, -0.05) is 18.7 Å². The van der Waals surface area contributed by atoms with Crippen molar-refractivity contribution in [3.63, 3.8) is 0 Å². The Bertz CT molecular complexity index is 1470. The Labute approximate surface area is 231 Å². The first-order valence-electron chi connectivity index (χ1n) is 12.9. The summed E-state index contributed by atoms with van der Waals surface area (Å²) in [6, 6.07) is 12.3. The maximum atomic E-state index is 14.5. The van der Waals surface area contributed by atoms with E-state index in [1.165, 1.54) is 31.3 Å². The molecule has 2 aliphatic heterocycles. The molecular weight excluding hydrogens is 518 g/mol. The molecule has 0 saturated carbocycles. The molecule has 8 nitrogen and oxygen atoms in total. The highest BCUT2D eigenvalue weighted by Crippen LogP contribution is 2.43. The van der Waals surface area contributed by atoms with Crippen molar-refractivity contribution in [3.05, 3.63) is 95.5 Å². The fraction of sp³-hybridized carbons (Fsp3) is 0.300. The largest absolute Gasteiger partial charge is 0.494 e. The van der Waals surface area contributed by atoms with E-state index in [-0.39, 0.29) is 24.0 Å². The predicted octanol–water partition coefficient (Wildman–Crippen LogP) is 4.42. The van der Waals surface area contributed by atoms with E-state index in [1.807, 2.05) is 19.1 Å². The molecule has 3 heterocycles. The number of nitrogens with zero attached hydrogens (tertiary/aromatic N) is 4. The third-order valence-corrected chi connectivity index (χ3v) is 7.35. The summed E-state index contributed by atoms with van der Waals surface area (Å²) >= 11 is 0. The van der Waals surface area contributed by atoms with Crippen LogP contribution in [-0.2, 0) is 4.79 Å². The molecule has 2 aliphatic rings. The molecule has 0 aliphatic carbocycles. The lowest BCUT2D eigenvalue weighted by Gasteiger charge is -2.40. The maximum Gasteiger partial charge on any atom is 0.236 e. The molecule has 0 radical (unpaired) electrons. The summed E-state index contributed by atoms with van der Waals surface area (Å²) in [5.41, 5.74) is 2.28. The van der Waals surface area contributed by atoms with Gasteiger partial charge in [0.1, 0.15) is 46.7 Å². The lowest BCUT2D eigenvalue weighted by Crippen LogP contribution is -2.54. The molecule has 3 aromatic rings. The number of amidine groups is 1. The van der Waals surface area contributed by atoms with Gasteiger partial charge in [-0.3, -0.25) is 14.7 Å². The van der Waals surface area contributed by atoms with Crippen LogP contribution in [0.5, 0.6) is 11.5 Å². The van der Waals surface area contributed by atoms with Gasteiger partial charge in [-0.25, -0.2) is 13.8 Å². The highest BCUT2D eigenvalue weighted by atomic mass is 19.1. The van der Waals surface area contributed by atoms with E-state index in [9.17, 15) is 18.7 Å². The summed E-state index contributed by atoms with van der Waals surface area (Å²) in [7, 11) is 2.99. The molecule has 208 valence electrons. The van der Waals surface area contributed by atoms with Crippen LogP contribution in [0.3, 0.4) is 0 Å². The van der Waals surface area contributed by atoms with E-state index in [2.05, 4.69) is 11.6 Å². The third-order valence-electron chi connectivity index (χ3n) is 7.35. The Kier molecular flexibility index (Phi) is 7.53. The number of anilines is 1. The number of likely N-dealkylation sites (tertiary alicyclic amines) is 1. The van der Waals surface area contributed by atoms with Crippen molar-refractivity contribution in [2.45, 2.75) is 25.5 Å². The van der Waals surface area contributed by atoms with Gasteiger partial charge in [0.15, 0.2) is 5.84 Å². The van der Waals surface area contributed by atoms with E-state index in [1.54, 1.807) is 29.3 Å². The van der Waals surface area contributed by atoms with Gasteiger partial charge in [0.2, 0.25) is 5.91 Å². The Morgan fingerprint density at radius 2 is 1.82 bits per heavy atom. The number of hydrogen-bond acceptors (Lipinski definition) is 7. The summed E-state index contributed by atoms with van der Waals surface area (Å²) in [4.78, 5) is 26.1. The first-order chi connectivity index (χ1) is 19.2. The van der Waals surface area contributed by atoms with E-state index < -0.39 is 29.7 Å². The highest BCUT2D eigenvalue weighted by Gasteiger charge is 2.45. The Hall–Kier alpha value is -4.31. The topological polar surface area (TPSA) is 87.5 Å². The first-order valence-corrected chi connectivity index (χ1v) is 12.9. The van der Waals surface area contributed by atoms with Crippen molar-refractivity contribution in [1.82, 2.24) is 9.88 Å². The minimum absolute atomic E-state index is 0.164. The average molecular weight is 549 g/mol. The molecule has 0 spiro atoms. The second kappa shape index (κ2) is 11.1. The molecule has 0 bridgehead atoms. The number of ether oxygens (including phenoxy) is 2. The number of aromatic nitrogens is 1. The van der Waals surface area contributed by atoms with Gasteiger partial charge in [-0.15, -0.1) is 0 Å². The minimum Gasteiger partial charge on any atom is -0.494 e. The van der Waals surface area contributed by atoms with Gasteiger partial charge < -0.3 is 19.5 Å². The third kappa shape index (κ3) is 4.90. The Balaban J connectivity index is 1.54. The predicted molar refractivity (Wildman–Crippen MR) is 146 cm³/mol. The number of hydrogen-bond donors (Lipinski definition) is 1. The lowest BCUT2D eigenvalue weighted by molar-refractivity contribution is -0.136. The quantitative estimate of drug-likeness (QED) is 0.491. The number of aliphatic hydroxyl groups excluding tert-OH is 1. The van der Waals surface area contributed by atoms with Crippen LogP contribution in [0.4, 0.5) is 14.5 Å². The molecule has 40 heavy (non-hydrogen) atoms. The number of benzene rings is 2. The summed E-state index contributed by atoms with van der Waals surface area (Å²) in [5.74, 6) is -2.08. The SMILES string of the molecule is C=C1N=C(c2cc(C)ccn2)N(c2c(OC)cccc2OC)C(O)C1C(=O)N1CCC(c2ccc(F)cc2F)C1. The van der Waals surface area contributed by atoms with Crippen LogP contribution in [0.15, 0.2) is 72.0 Å². The number of rotatable bonds is 6. The molecule has 10 heteroatoms. The fourth-order valence-corrected chi connectivity index (χ4v) is 5.37. The molecule has 5 rings (SSSR count). The van der Waals surface area contributed by atoms with Crippen LogP contribution in [-0.4, -0.2) is 60.3 Å². The van der Waals surface area contributed by atoms with Crippen molar-refractivity contribution >= 4 is 17.4 Å². The molecule has 3 atom stereocenters. The van der Waals surface area contributed by atoms with Crippen molar-refractivity contribution in [2.24, 2.45) is 10.9 Å². The van der Waals surface area contributed by atoms with Gasteiger partial charge in [0, 0.05) is 31.3 Å². The number of methoxy groups -OCH3 is 2. The monoisotopic (exact) mass is 548 g/mol. The highest BCUT2D eigenvalue weighted by molar-refractivity contribution is 6.12. The van der Waals surface area contributed by atoms with Crippen LogP contribution in [0.2, 0.25) is 0 Å². The number of carbonyl (C=O) groups is 1. The Morgan fingerprint density at radius 3 is 2.48 bits per heavy atom. The number of para-hydroxylation sites is 1. The van der Waals surface area contributed by atoms with Crippen LogP contribution in [0.1, 0.15) is 29.2 Å². The summed E-state index contributed by atoms with van der Waals surface area (Å²) < 4.78 is 39.1. The van der Waals surface area contributed by atoms with Gasteiger partial charge >= 0.3 is 0 Å². The van der Waals surface area contributed by atoms with Crippen LogP contribution in [0, 0.1) is 24.5 Å². The molecule has 1 amide bonds. The number of aliphatic hydroxyl groups is 1. The van der Waals surface area contributed by atoms with Crippen LogP contribution >= 0.6 is 0 Å².